The van der Waals surface area contributed by atoms with E-state index in [4.69, 9.17) is 9.97 Å². The molecule has 0 saturated heterocycles. The van der Waals surface area contributed by atoms with Gasteiger partial charge < -0.3 is 19.4 Å². The molecule has 6 aromatic carbocycles. The summed E-state index contributed by atoms with van der Waals surface area (Å²) in [6.07, 6.45) is -2.24. The van der Waals surface area contributed by atoms with E-state index in [0.29, 0.717) is 44.9 Å². The van der Waals surface area contributed by atoms with E-state index in [1.807, 2.05) is 83.4 Å². The van der Waals surface area contributed by atoms with Crippen LogP contribution in [0.25, 0.3) is 83.3 Å². The molecule has 0 amide bonds. The summed E-state index contributed by atoms with van der Waals surface area (Å²) in [5, 5.41) is 1.55. The minimum atomic E-state index is -2.80. The Kier molecular flexibility index (Phi) is 9.17. The average molecular weight is 1010 g/mol. The van der Waals surface area contributed by atoms with Crippen molar-refractivity contribution in [2.24, 2.45) is 0 Å². The number of aromatic nitrogens is 5. The van der Waals surface area contributed by atoms with Crippen LogP contribution in [-0.4, -0.2) is 24.3 Å². The standard InChI is InChI=1S/C58H40N5.Ir/c1-2-10-44(11-3-1)51-30-33-61-56-52-29-28-47(39-53(52)58-62-34-35-63(58)57(51)56)49-12-4-5-13-50(49)48-37-42(18-16-40-20-24-45(25-21-40)54-14-6-8-31-59-54)36-43(38-48)19-17-41-22-26-46(27-23-41)55-15-7-9-32-60-55;/h1-15,20-24,26,28,30-39H,16-19H2;/q-3;+3/i16D2,17D2,18D2,19D2;. The number of pyridine rings is 4. The third kappa shape index (κ3) is 8.18. The van der Waals surface area contributed by atoms with Gasteiger partial charge >= 0.3 is 20.1 Å². The molecule has 0 N–H and O–H groups in total. The first-order valence-electron chi connectivity index (χ1n) is 24.5. The summed E-state index contributed by atoms with van der Waals surface area (Å²) in [5.41, 5.74) is 8.78. The van der Waals surface area contributed by atoms with Crippen LogP contribution in [0.1, 0.15) is 33.2 Å². The van der Waals surface area contributed by atoms with Crippen molar-refractivity contribution >= 4 is 27.5 Å². The van der Waals surface area contributed by atoms with E-state index < -0.39 is 25.5 Å². The van der Waals surface area contributed by atoms with Crippen LogP contribution < -0.4 is 0 Å². The summed E-state index contributed by atoms with van der Waals surface area (Å²) in [5.74, 6) is 0. The third-order valence-corrected chi connectivity index (χ3v) is 11.0. The molecule has 306 valence electrons. The van der Waals surface area contributed by atoms with Gasteiger partial charge in [0.05, 0.1) is 0 Å². The fraction of sp³-hybridized carbons (Fsp3) is 0.0690. The van der Waals surface area contributed by atoms with Gasteiger partial charge in [-0.1, -0.05) is 126 Å². The van der Waals surface area contributed by atoms with Crippen molar-refractivity contribution in [3.8, 4) is 55.9 Å². The number of fused-ring (bicyclic) bond motifs is 6. The van der Waals surface area contributed by atoms with Gasteiger partial charge in [0.1, 0.15) is 5.65 Å². The van der Waals surface area contributed by atoms with Gasteiger partial charge in [0.25, 0.3) is 0 Å². The molecule has 0 aliphatic rings. The molecule has 0 radical (unpaired) electrons. The minimum Gasteiger partial charge on any atom is -0.314 e. The second-order valence-corrected chi connectivity index (χ2v) is 15.0. The second kappa shape index (κ2) is 18.2. The first kappa shape index (κ1) is 32.3. The molecule has 11 rings (SSSR count). The van der Waals surface area contributed by atoms with Gasteiger partial charge in [-0.15, -0.1) is 94.4 Å². The Labute approximate surface area is 397 Å². The van der Waals surface area contributed by atoms with Crippen molar-refractivity contribution in [3.63, 3.8) is 0 Å². The smallest absolute Gasteiger partial charge is 0.314 e. The van der Waals surface area contributed by atoms with E-state index in [0.717, 1.165) is 38.5 Å². The molecule has 0 unspecified atom stereocenters. The van der Waals surface area contributed by atoms with Gasteiger partial charge in [0.15, 0.2) is 0 Å². The van der Waals surface area contributed by atoms with Crippen LogP contribution in [0.4, 0.5) is 0 Å². The SMILES string of the molecule is [2H]C([2H])(c1c[c-]c(-c2ccccn2)cc1)C([2H])([2H])c1cc(-c2ccccc2-c2c[c-]c3c(c2)c2nccn2c2c(-c4ccccc4)ccnc32)cc(C([2H])([2H])C([2H])([2H])c2c[c-]c(-c3ccccn3)cc2)c1.[Ir+3]. The second-order valence-electron chi connectivity index (χ2n) is 15.0. The summed E-state index contributed by atoms with van der Waals surface area (Å²) in [4.78, 5) is 18.4. The fourth-order valence-electron chi connectivity index (χ4n) is 8.01. The van der Waals surface area contributed by atoms with Crippen LogP contribution in [0.15, 0.2) is 195 Å². The number of rotatable bonds is 11. The summed E-state index contributed by atoms with van der Waals surface area (Å²) in [6, 6.07) is 57.4. The zero-order chi connectivity index (χ0) is 49.1. The van der Waals surface area contributed by atoms with Gasteiger partial charge in [-0.05, 0) is 75.7 Å². The van der Waals surface area contributed by atoms with Crippen molar-refractivity contribution in [2.75, 3.05) is 0 Å². The molecule has 0 atom stereocenters. The zero-order valence-electron chi connectivity index (χ0n) is 42.0. The van der Waals surface area contributed by atoms with Crippen LogP contribution in [0.3, 0.4) is 0 Å². The Balaban J connectivity index is 0.00000596. The number of benzene rings is 6. The fourth-order valence-corrected chi connectivity index (χ4v) is 8.01. The van der Waals surface area contributed by atoms with Crippen LogP contribution >= 0.6 is 0 Å². The van der Waals surface area contributed by atoms with E-state index in [9.17, 15) is 11.0 Å². The Hall–Kier alpha value is -7.37. The van der Waals surface area contributed by atoms with Gasteiger partial charge in [-0.25, -0.2) is 4.98 Å². The predicted octanol–water partition coefficient (Wildman–Crippen LogP) is 13.1. The summed E-state index contributed by atoms with van der Waals surface area (Å²) in [7, 11) is 0. The Morgan fingerprint density at radius 3 is 1.67 bits per heavy atom. The molecule has 64 heavy (non-hydrogen) atoms. The largest absolute Gasteiger partial charge is 3.00 e. The third-order valence-electron chi connectivity index (χ3n) is 11.0. The molecular weight excluding hydrogens is 959 g/mol. The maximum Gasteiger partial charge on any atom is 3.00 e. The van der Waals surface area contributed by atoms with Crippen LogP contribution in [0.5, 0.6) is 0 Å². The first-order valence-corrected chi connectivity index (χ1v) is 20.5. The van der Waals surface area contributed by atoms with Gasteiger partial charge in [-0.2, -0.15) is 0 Å². The number of imidazole rings is 1. The van der Waals surface area contributed by atoms with E-state index in [2.05, 4.69) is 40.3 Å². The minimum absolute atomic E-state index is 0. The van der Waals surface area contributed by atoms with E-state index >= 15 is 0 Å². The monoisotopic (exact) mass is 1010 g/mol. The molecule has 5 heterocycles. The van der Waals surface area contributed by atoms with Crippen LogP contribution in [-0.2, 0) is 45.6 Å². The number of hydrogen-bond donors (Lipinski definition) is 0. The Morgan fingerprint density at radius 2 is 1.06 bits per heavy atom. The molecule has 0 bridgehead atoms. The molecule has 5 aromatic heterocycles. The van der Waals surface area contributed by atoms with Crippen LogP contribution in [0.2, 0.25) is 0 Å². The zero-order valence-corrected chi connectivity index (χ0v) is 36.4. The van der Waals surface area contributed by atoms with Crippen molar-refractivity contribution in [1.29, 1.82) is 0 Å². The average Bonchev–Trinajstić information content (AvgIpc) is 3.92. The molecule has 0 aliphatic carbocycles. The van der Waals surface area contributed by atoms with E-state index in [1.165, 1.54) is 42.5 Å². The predicted molar refractivity (Wildman–Crippen MR) is 255 cm³/mol. The molecule has 6 heteroatoms. The van der Waals surface area contributed by atoms with Gasteiger partial charge in [-0.3, -0.25) is 0 Å². The first-order chi connectivity index (χ1) is 34.2. The molecule has 5 nitrogen and oxygen atoms in total. The van der Waals surface area contributed by atoms with Gasteiger partial charge in [0.2, 0.25) is 0 Å². The molecule has 0 spiro atoms. The topological polar surface area (TPSA) is 56.0 Å². The Bertz CT molecular complexity index is 3640. The van der Waals surface area contributed by atoms with Crippen LogP contribution in [0, 0.1) is 18.2 Å². The maximum atomic E-state index is 9.63. The number of nitrogens with zero attached hydrogens (tertiary/aromatic N) is 5. The maximum absolute atomic E-state index is 9.63. The van der Waals surface area contributed by atoms with Crippen molar-refractivity contribution in [1.82, 2.24) is 24.3 Å². The Morgan fingerprint density at radius 1 is 0.453 bits per heavy atom. The normalized spacial score (nSPS) is 14.0. The summed E-state index contributed by atoms with van der Waals surface area (Å²) < 4.78 is 78.3. The van der Waals surface area contributed by atoms with E-state index in [1.54, 1.807) is 61.2 Å². The number of hydrogen-bond acceptors (Lipinski definition) is 4. The summed E-state index contributed by atoms with van der Waals surface area (Å²) >= 11 is 0. The molecule has 0 fully saturated rings. The molecular formula is C58H40IrN5. The molecule has 11 aromatic rings. The van der Waals surface area contributed by atoms with E-state index in [-0.39, 0.29) is 42.4 Å². The quantitative estimate of drug-likeness (QED) is 0.0957. The van der Waals surface area contributed by atoms with Crippen molar-refractivity contribution in [2.45, 2.75) is 25.5 Å². The summed E-state index contributed by atoms with van der Waals surface area (Å²) in [6.45, 7) is 0. The molecule has 0 saturated carbocycles. The number of aryl methyl sites for hydroxylation is 4. The molecule has 0 aliphatic heterocycles. The van der Waals surface area contributed by atoms with Gasteiger partial charge in [0, 0.05) is 53.0 Å². The van der Waals surface area contributed by atoms with Crippen molar-refractivity contribution < 1.29 is 31.1 Å². The van der Waals surface area contributed by atoms with Crippen molar-refractivity contribution in [3.05, 3.63) is 235 Å².